The van der Waals surface area contributed by atoms with Crippen LogP contribution in [0, 0.1) is 18.8 Å². The number of aryl methyl sites for hydroxylation is 1. The number of hydrogen-bond acceptors (Lipinski definition) is 2. The molecule has 0 radical (unpaired) electrons. The van der Waals surface area contributed by atoms with Crippen molar-refractivity contribution >= 4 is 5.91 Å². The monoisotopic (exact) mass is 246 g/mol. The van der Waals surface area contributed by atoms with Crippen LogP contribution in [-0.4, -0.2) is 25.5 Å². The van der Waals surface area contributed by atoms with E-state index in [2.05, 4.69) is 17.6 Å². The Morgan fingerprint density at radius 2 is 2.22 bits per heavy atom. The van der Waals surface area contributed by atoms with Gasteiger partial charge in [-0.25, -0.2) is 0 Å². The molecule has 1 aromatic carbocycles. The summed E-state index contributed by atoms with van der Waals surface area (Å²) in [5, 5.41) is 6.45. The molecule has 1 heterocycles. The molecule has 2 unspecified atom stereocenters. The summed E-state index contributed by atoms with van der Waals surface area (Å²) in [6.45, 7) is 7.12. The normalized spacial score (nSPS) is 23.7. The SMILES string of the molecule is Cc1ccccc1C(=O)NCC1CNCCC1C. The van der Waals surface area contributed by atoms with Crippen molar-refractivity contribution in [1.29, 1.82) is 0 Å². The highest BCUT2D eigenvalue weighted by atomic mass is 16.1. The molecule has 0 bridgehead atoms. The van der Waals surface area contributed by atoms with Crippen molar-refractivity contribution in [3.63, 3.8) is 0 Å². The molecule has 0 aliphatic carbocycles. The number of amides is 1. The summed E-state index contributed by atoms with van der Waals surface area (Å²) in [5.74, 6) is 1.28. The van der Waals surface area contributed by atoms with Crippen molar-refractivity contribution in [2.45, 2.75) is 20.3 Å². The Balaban J connectivity index is 1.90. The molecular weight excluding hydrogens is 224 g/mol. The minimum Gasteiger partial charge on any atom is -0.352 e. The van der Waals surface area contributed by atoms with E-state index in [1.54, 1.807) is 0 Å². The zero-order valence-corrected chi connectivity index (χ0v) is 11.2. The van der Waals surface area contributed by atoms with Gasteiger partial charge in [0.2, 0.25) is 0 Å². The summed E-state index contributed by atoms with van der Waals surface area (Å²) in [4.78, 5) is 12.1. The van der Waals surface area contributed by atoms with Gasteiger partial charge in [0.05, 0.1) is 0 Å². The first-order valence-corrected chi connectivity index (χ1v) is 6.73. The molecule has 2 N–H and O–H groups in total. The summed E-state index contributed by atoms with van der Waals surface area (Å²) in [6, 6.07) is 7.72. The molecule has 1 amide bonds. The molecule has 0 spiro atoms. The minimum atomic E-state index is 0.0471. The van der Waals surface area contributed by atoms with Gasteiger partial charge in [-0.05, 0) is 49.9 Å². The van der Waals surface area contributed by atoms with E-state index in [9.17, 15) is 4.79 Å². The van der Waals surface area contributed by atoms with E-state index < -0.39 is 0 Å². The Morgan fingerprint density at radius 1 is 1.44 bits per heavy atom. The average Bonchev–Trinajstić information content (AvgIpc) is 2.38. The highest BCUT2D eigenvalue weighted by Gasteiger charge is 2.21. The number of carbonyl (C=O) groups is 1. The van der Waals surface area contributed by atoms with E-state index in [4.69, 9.17) is 0 Å². The number of nitrogens with one attached hydrogen (secondary N) is 2. The first-order valence-electron chi connectivity index (χ1n) is 6.73. The van der Waals surface area contributed by atoms with Gasteiger partial charge in [-0.15, -0.1) is 0 Å². The Hall–Kier alpha value is -1.35. The lowest BCUT2D eigenvalue weighted by Gasteiger charge is -2.29. The number of carbonyl (C=O) groups excluding carboxylic acids is 1. The first-order chi connectivity index (χ1) is 8.68. The van der Waals surface area contributed by atoms with E-state index in [1.165, 1.54) is 6.42 Å². The summed E-state index contributed by atoms with van der Waals surface area (Å²) in [5.41, 5.74) is 1.82. The molecule has 1 saturated heterocycles. The van der Waals surface area contributed by atoms with Crippen molar-refractivity contribution in [3.05, 3.63) is 35.4 Å². The highest BCUT2D eigenvalue weighted by molar-refractivity contribution is 5.95. The number of piperidine rings is 1. The lowest BCUT2D eigenvalue weighted by Crippen LogP contribution is -2.42. The molecule has 2 rings (SSSR count). The van der Waals surface area contributed by atoms with E-state index in [0.29, 0.717) is 11.8 Å². The second-order valence-corrected chi connectivity index (χ2v) is 5.26. The highest BCUT2D eigenvalue weighted by Crippen LogP contribution is 2.17. The Labute approximate surface area is 109 Å². The van der Waals surface area contributed by atoms with Crippen molar-refractivity contribution < 1.29 is 4.79 Å². The van der Waals surface area contributed by atoms with Crippen LogP contribution < -0.4 is 10.6 Å². The second-order valence-electron chi connectivity index (χ2n) is 5.26. The van der Waals surface area contributed by atoms with E-state index in [0.717, 1.165) is 30.8 Å². The zero-order valence-electron chi connectivity index (χ0n) is 11.2. The Morgan fingerprint density at radius 3 is 2.94 bits per heavy atom. The van der Waals surface area contributed by atoms with Crippen LogP contribution in [0.2, 0.25) is 0 Å². The van der Waals surface area contributed by atoms with Crippen LogP contribution in [0.5, 0.6) is 0 Å². The van der Waals surface area contributed by atoms with Crippen LogP contribution in [-0.2, 0) is 0 Å². The lowest BCUT2D eigenvalue weighted by atomic mass is 9.88. The van der Waals surface area contributed by atoms with Gasteiger partial charge in [-0.3, -0.25) is 4.79 Å². The molecule has 3 heteroatoms. The molecule has 1 aliphatic heterocycles. The third-order valence-corrected chi connectivity index (χ3v) is 3.90. The number of hydrogen-bond donors (Lipinski definition) is 2. The van der Waals surface area contributed by atoms with Gasteiger partial charge in [0.15, 0.2) is 0 Å². The number of rotatable bonds is 3. The van der Waals surface area contributed by atoms with Gasteiger partial charge < -0.3 is 10.6 Å². The maximum atomic E-state index is 12.1. The van der Waals surface area contributed by atoms with Gasteiger partial charge in [0.1, 0.15) is 0 Å². The predicted octanol–water partition coefficient (Wildman–Crippen LogP) is 1.97. The van der Waals surface area contributed by atoms with Gasteiger partial charge >= 0.3 is 0 Å². The van der Waals surface area contributed by atoms with Crippen molar-refractivity contribution in [1.82, 2.24) is 10.6 Å². The topological polar surface area (TPSA) is 41.1 Å². The summed E-state index contributed by atoms with van der Waals surface area (Å²) in [7, 11) is 0. The van der Waals surface area contributed by atoms with Gasteiger partial charge in [0.25, 0.3) is 5.91 Å². The summed E-state index contributed by atoms with van der Waals surface area (Å²) >= 11 is 0. The molecule has 1 aromatic rings. The maximum absolute atomic E-state index is 12.1. The van der Waals surface area contributed by atoms with Crippen LogP contribution in [0.1, 0.15) is 29.3 Å². The summed E-state index contributed by atoms with van der Waals surface area (Å²) < 4.78 is 0. The average molecular weight is 246 g/mol. The molecule has 98 valence electrons. The van der Waals surface area contributed by atoms with Crippen LogP contribution in [0.25, 0.3) is 0 Å². The maximum Gasteiger partial charge on any atom is 0.251 e. The first kappa shape index (κ1) is 13.1. The van der Waals surface area contributed by atoms with E-state index in [1.807, 2.05) is 31.2 Å². The smallest absolute Gasteiger partial charge is 0.251 e. The fraction of sp³-hybridized carbons (Fsp3) is 0.533. The standard InChI is InChI=1S/C15H22N2O/c1-11-7-8-16-9-13(11)10-17-15(18)14-6-4-3-5-12(14)2/h3-6,11,13,16H,7-10H2,1-2H3,(H,17,18). The summed E-state index contributed by atoms with van der Waals surface area (Å²) in [6.07, 6.45) is 1.20. The van der Waals surface area contributed by atoms with E-state index >= 15 is 0 Å². The molecular formula is C15H22N2O. The Bertz CT molecular complexity index is 417. The molecule has 18 heavy (non-hydrogen) atoms. The third kappa shape index (κ3) is 3.10. The molecule has 1 aliphatic rings. The van der Waals surface area contributed by atoms with Crippen LogP contribution in [0.4, 0.5) is 0 Å². The quantitative estimate of drug-likeness (QED) is 0.856. The predicted molar refractivity (Wildman–Crippen MR) is 73.7 cm³/mol. The van der Waals surface area contributed by atoms with E-state index in [-0.39, 0.29) is 5.91 Å². The second kappa shape index (κ2) is 6.01. The molecule has 2 atom stereocenters. The third-order valence-electron chi connectivity index (χ3n) is 3.90. The van der Waals surface area contributed by atoms with Gasteiger partial charge in [-0.1, -0.05) is 25.1 Å². The molecule has 1 fully saturated rings. The van der Waals surface area contributed by atoms with Crippen molar-refractivity contribution in [3.8, 4) is 0 Å². The van der Waals surface area contributed by atoms with Gasteiger partial charge in [-0.2, -0.15) is 0 Å². The zero-order chi connectivity index (χ0) is 13.0. The van der Waals surface area contributed by atoms with Crippen LogP contribution in [0.15, 0.2) is 24.3 Å². The van der Waals surface area contributed by atoms with Gasteiger partial charge in [0, 0.05) is 12.1 Å². The van der Waals surface area contributed by atoms with Crippen molar-refractivity contribution in [2.75, 3.05) is 19.6 Å². The molecule has 3 nitrogen and oxygen atoms in total. The largest absolute Gasteiger partial charge is 0.352 e. The Kier molecular flexibility index (Phi) is 4.37. The fourth-order valence-corrected chi connectivity index (χ4v) is 2.47. The minimum absolute atomic E-state index is 0.0471. The van der Waals surface area contributed by atoms with Crippen LogP contribution in [0.3, 0.4) is 0 Å². The van der Waals surface area contributed by atoms with Crippen LogP contribution >= 0.6 is 0 Å². The van der Waals surface area contributed by atoms with Crippen molar-refractivity contribution in [2.24, 2.45) is 11.8 Å². The molecule has 0 saturated carbocycles. The molecule has 0 aromatic heterocycles. The number of benzene rings is 1. The fourth-order valence-electron chi connectivity index (χ4n) is 2.47. The lowest BCUT2D eigenvalue weighted by molar-refractivity contribution is 0.0938.